The zero-order valence-electron chi connectivity index (χ0n) is 8.28. The van der Waals surface area contributed by atoms with Gasteiger partial charge in [0.1, 0.15) is 0 Å². The highest BCUT2D eigenvalue weighted by Crippen LogP contribution is 2.29. The van der Waals surface area contributed by atoms with Gasteiger partial charge in [-0.2, -0.15) is 5.26 Å². The molecule has 0 aromatic carbocycles. The Labute approximate surface area is 84.9 Å². The van der Waals surface area contributed by atoms with Crippen LogP contribution < -0.4 is 0 Å². The van der Waals surface area contributed by atoms with Gasteiger partial charge in [-0.3, -0.25) is 0 Å². The fraction of sp³-hybridized carbons (Fsp3) is 0.583. The van der Waals surface area contributed by atoms with Gasteiger partial charge < -0.3 is 4.74 Å². The van der Waals surface area contributed by atoms with Crippen LogP contribution in [0.2, 0.25) is 0 Å². The van der Waals surface area contributed by atoms with E-state index in [1.165, 1.54) is 5.57 Å². The minimum Gasteiger partial charge on any atom is -0.374 e. The molecule has 1 saturated carbocycles. The highest BCUT2D eigenvalue weighted by atomic mass is 16.5. The Morgan fingerprint density at radius 1 is 1.50 bits per heavy atom. The molecule has 0 unspecified atom stereocenters. The molecule has 74 valence electrons. The molecule has 0 aromatic heterocycles. The molecule has 0 radical (unpaired) electrons. The topological polar surface area (TPSA) is 33.0 Å². The van der Waals surface area contributed by atoms with Gasteiger partial charge in [-0.25, -0.2) is 0 Å². The van der Waals surface area contributed by atoms with Gasteiger partial charge in [0.2, 0.25) is 0 Å². The normalized spacial score (nSPS) is 30.4. The molecule has 1 fully saturated rings. The third kappa shape index (κ3) is 2.24. The lowest BCUT2D eigenvalue weighted by atomic mass is 9.83. The summed E-state index contributed by atoms with van der Waals surface area (Å²) in [5.41, 5.74) is 1.38. The molecule has 0 bridgehead atoms. The predicted octanol–water partition coefficient (Wildman–Crippen LogP) is 2.58. The summed E-state index contributed by atoms with van der Waals surface area (Å²) in [7, 11) is 0. The minimum absolute atomic E-state index is 0.250. The molecule has 2 aliphatic rings. The fourth-order valence-corrected chi connectivity index (χ4v) is 1.80. The second kappa shape index (κ2) is 4.43. The van der Waals surface area contributed by atoms with E-state index in [9.17, 15) is 0 Å². The zero-order valence-corrected chi connectivity index (χ0v) is 8.28. The van der Waals surface area contributed by atoms with E-state index in [4.69, 9.17) is 10.00 Å². The number of nitriles is 1. The van der Waals surface area contributed by atoms with Gasteiger partial charge in [-0.15, -0.1) is 0 Å². The van der Waals surface area contributed by atoms with E-state index in [0.29, 0.717) is 6.10 Å². The van der Waals surface area contributed by atoms with E-state index in [2.05, 4.69) is 24.3 Å². The maximum Gasteiger partial charge on any atom is 0.0683 e. The molecule has 2 aliphatic carbocycles. The summed E-state index contributed by atoms with van der Waals surface area (Å²) in [4.78, 5) is 0. The monoisotopic (exact) mass is 189 g/mol. The fourth-order valence-electron chi connectivity index (χ4n) is 1.80. The third-order valence-electron chi connectivity index (χ3n) is 2.88. The lowest BCUT2D eigenvalue weighted by Gasteiger charge is -2.30. The molecule has 0 N–H and O–H groups in total. The SMILES string of the molecule is N#CC1CC(OCC2=CC=CCC2)C1. The molecule has 0 heterocycles. The smallest absolute Gasteiger partial charge is 0.0683 e. The summed E-state index contributed by atoms with van der Waals surface area (Å²) < 4.78 is 5.70. The Bertz CT molecular complexity index is 292. The average Bonchev–Trinajstić information content (AvgIpc) is 2.17. The van der Waals surface area contributed by atoms with Crippen LogP contribution in [0.3, 0.4) is 0 Å². The molecule has 0 aliphatic heterocycles. The molecule has 2 rings (SSSR count). The molecule has 0 saturated heterocycles. The van der Waals surface area contributed by atoms with Gasteiger partial charge in [-0.05, 0) is 31.3 Å². The Hall–Kier alpha value is -1.07. The summed E-state index contributed by atoms with van der Waals surface area (Å²) in [6.45, 7) is 0.757. The van der Waals surface area contributed by atoms with E-state index in [-0.39, 0.29) is 5.92 Å². The molecule has 0 aromatic rings. The predicted molar refractivity (Wildman–Crippen MR) is 54.5 cm³/mol. The summed E-state index contributed by atoms with van der Waals surface area (Å²) in [6.07, 6.45) is 10.9. The van der Waals surface area contributed by atoms with Crippen LogP contribution in [0.25, 0.3) is 0 Å². The quantitative estimate of drug-likeness (QED) is 0.683. The first-order chi connectivity index (χ1) is 6.88. The summed E-state index contributed by atoms with van der Waals surface area (Å²) in [5.74, 6) is 0.250. The number of rotatable bonds is 3. The number of hydrogen-bond donors (Lipinski definition) is 0. The Morgan fingerprint density at radius 3 is 3.00 bits per heavy atom. The number of nitrogens with zero attached hydrogens (tertiary/aromatic N) is 1. The van der Waals surface area contributed by atoms with Crippen molar-refractivity contribution in [1.29, 1.82) is 5.26 Å². The lowest BCUT2D eigenvalue weighted by Crippen LogP contribution is -2.30. The highest BCUT2D eigenvalue weighted by Gasteiger charge is 2.29. The molecule has 14 heavy (non-hydrogen) atoms. The first-order valence-electron chi connectivity index (χ1n) is 5.24. The van der Waals surface area contributed by atoms with Gasteiger partial charge in [-0.1, -0.05) is 18.2 Å². The Balaban J connectivity index is 1.67. The van der Waals surface area contributed by atoms with E-state index in [1.54, 1.807) is 0 Å². The first-order valence-corrected chi connectivity index (χ1v) is 5.24. The van der Waals surface area contributed by atoms with Crippen molar-refractivity contribution >= 4 is 0 Å². The number of allylic oxidation sites excluding steroid dienone is 3. The van der Waals surface area contributed by atoms with Gasteiger partial charge in [0.15, 0.2) is 0 Å². The van der Waals surface area contributed by atoms with Crippen LogP contribution in [-0.4, -0.2) is 12.7 Å². The molecular weight excluding hydrogens is 174 g/mol. The van der Waals surface area contributed by atoms with Crippen LogP contribution >= 0.6 is 0 Å². The van der Waals surface area contributed by atoms with Crippen molar-refractivity contribution in [2.24, 2.45) is 5.92 Å². The maximum absolute atomic E-state index is 8.59. The third-order valence-corrected chi connectivity index (χ3v) is 2.88. The molecular formula is C12H15NO. The van der Waals surface area contributed by atoms with Crippen LogP contribution in [0, 0.1) is 17.2 Å². The van der Waals surface area contributed by atoms with Gasteiger partial charge in [0.25, 0.3) is 0 Å². The summed E-state index contributed by atoms with van der Waals surface area (Å²) in [5, 5.41) is 8.59. The van der Waals surface area contributed by atoms with Crippen LogP contribution in [0.15, 0.2) is 23.8 Å². The molecule has 0 spiro atoms. The van der Waals surface area contributed by atoms with Gasteiger partial charge >= 0.3 is 0 Å². The van der Waals surface area contributed by atoms with Crippen LogP contribution in [0.1, 0.15) is 25.7 Å². The molecule has 0 atom stereocenters. The summed E-state index contributed by atoms with van der Waals surface area (Å²) >= 11 is 0. The standard InChI is InChI=1S/C12H15NO/c13-8-11-6-12(7-11)14-9-10-4-2-1-3-5-10/h1-2,4,11-12H,3,5-7,9H2. The van der Waals surface area contributed by atoms with Crippen molar-refractivity contribution in [1.82, 2.24) is 0 Å². The first kappa shape index (κ1) is 9.48. The van der Waals surface area contributed by atoms with Gasteiger partial charge in [0.05, 0.1) is 24.7 Å². The van der Waals surface area contributed by atoms with Crippen LogP contribution in [0.4, 0.5) is 0 Å². The van der Waals surface area contributed by atoms with E-state index in [1.807, 2.05) is 0 Å². The van der Waals surface area contributed by atoms with Crippen LogP contribution in [0.5, 0.6) is 0 Å². The molecule has 2 heteroatoms. The van der Waals surface area contributed by atoms with Crippen molar-refractivity contribution in [3.8, 4) is 6.07 Å². The van der Waals surface area contributed by atoms with Gasteiger partial charge in [0, 0.05) is 0 Å². The van der Waals surface area contributed by atoms with Crippen LogP contribution in [-0.2, 0) is 4.74 Å². The lowest BCUT2D eigenvalue weighted by molar-refractivity contribution is -0.00540. The van der Waals surface area contributed by atoms with Crippen molar-refractivity contribution in [3.63, 3.8) is 0 Å². The van der Waals surface area contributed by atoms with Crippen molar-refractivity contribution in [2.75, 3.05) is 6.61 Å². The van der Waals surface area contributed by atoms with Crippen molar-refractivity contribution < 1.29 is 4.74 Å². The maximum atomic E-state index is 8.59. The van der Waals surface area contributed by atoms with E-state index < -0.39 is 0 Å². The number of ether oxygens (including phenoxy) is 1. The van der Waals surface area contributed by atoms with E-state index >= 15 is 0 Å². The average molecular weight is 189 g/mol. The molecule has 2 nitrogen and oxygen atoms in total. The Morgan fingerprint density at radius 2 is 2.36 bits per heavy atom. The zero-order chi connectivity index (χ0) is 9.80. The Kier molecular flexibility index (Phi) is 3.00. The molecule has 0 amide bonds. The largest absolute Gasteiger partial charge is 0.374 e. The van der Waals surface area contributed by atoms with Crippen molar-refractivity contribution in [3.05, 3.63) is 23.8 Å². The highest BCUT2D eigenvalue weighted by molar-refractivity contribution is 5.17. The second-order valence-electron chi connectivity index (χ2n) is 4.02. The van der Waals surface area contributed by atoms with E-state index in [0.717, 1.165) is 32.3 Å². The number of hydrogen-bond acceptors (Lipinski definition) is 2. The minimum atomic E-state index is 0.250. The van der Waals surface area contributed by atoms with Crippen molar-refractivity contribution in [2.45, 2.75) is 31.8 Å². The second-order valence-corrected chi connectivity index (χ2v) is 4.02. The summed E-state index contributed by atoms with van der Waals surface area (Å²) in [6, 6.07) is 2.26.